The molecule has 15 heavy (non-hydrogen) atoms. The molecule has 0 radical (unpaired) electrons. The third kappa shape index (κ3) is 2.06. The molecule has 0 unspecified atom stereocenters. The maximum atomic E-state index is 4.37. The zero-order chi connectivity index (χ0) is 10.8. The summed E-state index contributed by atoms with van der Waals surface area (Å²) in [6.45, 7) is 6.26. The van der Waals surface area contributed by atoms with E-state index >= 15 is 0 Å². The number of nitrogens with zero attached hydrogens (tertiary/aromatic N) is 3. The van der Waals surface area contributed by atoms with Crippen molar-refractivity contribution in [3.63, 3.8) is 0 Å². The Kier molecular flexibility index (Phi) is 2.54. The minimum Gasteiger partial charge on any atom is -0.270 e. The predicted molar refractivity (Wildman–Crippen MR) is 60.6 cm³/mol. The van der Waals surface area contributed by atoms with Gasteiger partial charge >= 0.3 is 0 Å². The summed E-state index contributed by atoms with van der Waals surface area (Å²) in [6, 6.07) is 4.48. The lowest BCUT2D eigenvalue weighted by Crippen LogP contribution is -1.99. The molecule has 3 nitrogen and oxygen atoms in total. The molecule has 0 N–H and O–H groups in total. The number of pyridine rings is 1. The molecule has 2 aromatic rings. The molecule has 0 spiro atoms. The molecule has 78 valence electrons. The Morgan fingerprint density at radius 3 is 2.53 bits per heavy atom. The molecule has 0 fully saturated rings. The van der Waals surface area contributed by atoms with Gasteiger partial charge in [-0.2, -0.15) is 5.10 Å². The summed E-state index contributed by atoms with van der Waals surface area (Å²) in [4.78, 5) is 4.37. The van der Waals surface area contributed by atoms with Crippen molar-refractivity contribution in [3.05, 3.63) is 36.3 Å². The molecule has 0 saturated carbocycles. The molecule has 0 atom stereocenters. The van der Waals surface area contributed by atoms with Crippen LogP contribution in [0, 0.1) is 6.92 Å². The highest BCUT2D eigenvalue weighted by Crippen LogP contribution is 2.17. The van der Waals surface area contributed by atoms with Crippen LogP contribution in [0.3, 0.4) is 0 Å². The summed E-state index contributed by atoms with van der Waals surface area (Å²) in [5.41, 5.74) is 3.23. The van der Waals surface area contributed by atoms with E-state index in [1.807, 2.05) is 36.3 Å². The number of aromatic nitrogens is 3. The summed E-state index contributed by atoms with van der Waals surface area (Å²) in [7, 11) is 0. The molecule has 0 saturated heterocycles. The van der Waals surface area contributed by atoms with Crippen molar-refractivity contribution in [3.8, 4) is 11.3 Å². The second-order valence-electron chi connectivity index (χ2n) is 4.02. The maximum absolute atomic E-state index is 4.37. The Morgan fingerprint density at radius 2 is 2.00 bits per heavy atom. The van der Waals surface area contributed by atoms with Crippen molar-refractivity contribution in [2.75, 3.05) is 0 Å². The van der Waals surface area contributed by atoms with Crippen molar-refractivity contribution in [1.29, 1.82) is 0 Å². The van der Waals surface area contributed by atoms with Gasteiger partial charge in [-0.1, -0.05) is 6.07 Å². The van der Waals surface area contributed by atoms with E-state index in [0.717, 1.165) is 11.3 Å². The van der Waals surface area contributed by atoms with E-state index in [1.165, 1.54) is 5.56 Å². The quantitative estimate of drug-likeness (QED) is 0.748. The van der Waals surface area contributed by atoms with Gasteiger partial charge < -0.3 is 0 Å². The Bertz CT molecular complexity index is 440. The van der Waals surface area contributed by atoms with Crippen LogP contribution in [0.5, 0.6) is 0 Å². The second kappa shape index (κ2) is 3.85. The van der Waals surface area contributed by atoms with Crippen molar-refractivity contribution >= 4 is 0 Å². The van der Waals surface area contributed by atoms with E-state index in [2.05, 4.69) is 30.0 Å². The Morgan fingerprint density at radius 1 is 1.20 bits per heavy atom. The van der Waals surface area contributed by atoms with Gasteiger partial charge in [-0.25, -0.2) is 0 Å². The summed E-state index contributed by atoms with van der Waals surface area (Å²) in [5, 5.41) is 4.29. The van der Waals surface area contributed by atoms with Crippen LogP contribution < -0.4 is 0 Å². The predicted octanol–water partition coefficient (Wildman–Crippen LogP) is 2.83. The Hall–Kier alpha value is -1.64. The van der Waals surface area contributed by atoms with E-state index in [-0.39, 0.29) is 0 Å². The normalized spacial score (nSPS) is 10.9. The van der Waals surface area contributed by atoms with Crippen molar-refractivity contribution < 1.29 is 0 Å². The van der Waals surface area contributed by atoms with Crippen molar-refractivity contribution in [2.45, 2.75) is 26.8 Å². The Labute approximate surface area is 89.8 Å². The molecule has 0 aliphatic carbocycles. The smallest absolute Gasteiger partial charge is 0.0733 e. The molecule has 2 heterocycles. The van der Waals surface area contributed by atoms with Gasteiger partial charge in [0.2, 0.25) is 0 Å². The minimum atomic E-state index is 0.393. The average Bonchev–Trinajstić information content (AvgIpc) is 2.68. The third-order valence-corrected chi connectivity index (χ3v) is 2.34. The summed E-state index contributed by atoms with van der Waals surface area (Å²) in [6.07, 6.45) is 5.77. The van der Waals surface area contributed by atoms with Gasteiger partial charge in [0, 0.05) is 24.0 Å². The molecule has 0 aliphatic rings. The first-order chi connectivity index (χ1) is 7.16. The summed E-state index contributed by atoms with van der Waals surface area (Å²) < 4.78 is 1.94. The topological polar surface area (TPSA) is 30.7 Å². The number of hydrogen-bond donors (Lipinski definition) is 0. The van der Waals surface area contributed by atoms with Crippen LogP contribution in [-0.2, 0) is 0 Å². The molecule has 2 rings (SSSR count). The molecule has 0 aromatic carbocycles. The molecule has 3 heteroatoms. The first-order valence-electron chi connectivity index (χ1n) is 5.14. The largest absolute Gasteiger partial charge is 0.270 e. The van der Waals surface area contributed by atoms with Gasteiger partial charge in [0.25, 0.3) is 0 Å². The summed E-state index contributed by atoms with van der Waals surface area (Å²) >= 11 is 0. The van der Waals surface area contributed by atoms with Crippen LogP contribution in [0.1, 0.15) is 25.5 Å². The maximum Gasteiger partial charge on any atom is 0.0733 e. The molecule has 0 amide bonds. The van der Waals surface area contributed by atoms with E-state index in [4.69, 9.17) is 0 Å². The molecule has 0 bridgehead atoms. The van der Waals surface area contributed by atoms with E-state index in [1.54, 1.807) is 0 Å². The van der Waals surface area contributed by atoms with Crippen molar-refractivity contribution in [2.24, 2.45) is 0 Å². The zero-order valence-electron chi connectivity index (χ0n) is 9.31. The van der Waals surface area contributed by atoms with Crippen LogP contribution in [-0.4, -0.2) is 14.8 Å². The van der Waals surface area contributed by atoms with Gasteiger partial charge in [-0.15, -0.1) is 0 Å². The first kappa shape index (κ1) is 9.90. The number of rotatable bonds is 2. The highest BCUT2D eigenvalue weighted by Gasteiger charge is 2.04. The SMILES string of the molecule is Cc1ccc(-c2cnn(C(C)C)c2)nc1. The van der Waals surface area contributed by atoms with Gasteiger partial charge in [-0.3, -0.25) is 9.67 Å². The number of aryl methyl sites for hydroxylation is 1. The Balaban J connectivity index is 2.33. The fourth-order valence-corrected chi connectivity index (χ4v) is 1.39. The van der Waals surface area contributed by atoms with Crippen molar-refractivity contribution in [1.82, 2.24) is 14.8 Å². The van der Waals surface area contributed by atoms with Gasteiger partial charge in [0.15, 0.2) is 0 Å². The van der Waals surface area contributed by atoms with Crippen LogP contribution >= 0.6 is 0 Å². The third-order valence-electron chi connectivity index (χ3n) is 2.34. The average molecular weight is 201 g/mol. The zero-order valence-corrected chi connectivity index (χ0v) is 9.31. The lowest BCUT2D eigenvalue weighted by atomic mass is 10.2. The monoisotopic (exact) mass is 201 g/mol. The van der Waals surface area contributed by atoms with Crippen LogP contribution in [0.15, 0.2) is 30.7 Å². The second-order valence-corrected chi connectivity index (χ2v) is 4.02. The highest BCUT2D eigenvalue weighted by molar-refractivity contribution is 5.56. The minimum absolute atomic E-state index is 0.393. The standard InChI is InChI=1S/C12H15N3/c1-9(2)15-8-11(7-14-15)12-5-4-10(3)6-13-12/h4-9H,1-3H3. The molecule has 0 aliphatic heterocycles. The van der Waals surface area contributed by atoms with E-state index < -0.39 is 0 Å². The van der Waals surface area contributed by atoms with E-state index in [0.29, 0.717) is 6.04 Å². The van der Waals surface area contributed by atoms with Crippen LogP contribution in [0.2, 0.25) is 0 Å². The molecular weight excluding hydrogens is 186 g/mol. The van der Waals surface area contributed by atoms with Crippen LogP contribution in [0.4, 0.5) is 0 Å². The van der Waals surface area contributed by atoms with E-state index in [9.17, 15) is 0 Å². The molecular formula is C12H15N3. The van der Waals surface area contributed by atoms with Crippen LogP contribution in [0.25, 0.3) is 11.3 Å². The number of hydrogen-bond acceptors (Lipinski definition) is 2. The fourth-order valence-electron chi connectivity index (χ4n) is 1.39. The van der Waals surface area contributed by atoms with Gasteiger partial charge in [0.1, 0.15) is 0 Å². The lowest BCUT2D eigenvalue weighted by molar-refractivity contribution is 0.532. The summed E-state index contributed by atoms with van der Waals surface area (Å²) in [5.74, 6) is 0. The lowest BCUT2D eigenvalue weighted by Gasteiger charge is -2.03. The van der Waals surface area contributed by atoms with Gasteiger partial charge in [0.05, 0.1) is 11.9 Å². The van der Waals surface area contributed by atoms with Gasteiger partial charge in [-0.05, 0) is 32.4 Å². The first-order valence-corrected chi connectivity index (χ1v) is 5.14. The highest BCUT2D eigenvalue weighted by atomic mass is 15.3. The fraction of sp³-hybridized carbons (Fsp3) is 0.333. The molecule has 2 aromatic heterocycles.